The SMILES string of the molecule is CNC(C)CNC(=O)CCNC(=O)Nc1ccc(Br)cc1.Cl. The Morgan fingerprint density at radius 1 is 1.18 bits per heavy atom. The fourth-order valence-electron chi connectivity index (χ4n) is 1.46. The lowest BCUT2D eigenvalue weighted by Crippen LogP contribution is -2.39. The van der Waals surface area contributed by atoms with E-state index in [2.05, 4.69) is 37.2 Å². The number of nitrogens with one attached hydrogen (secondary N) is 4. The molecule has 0 heterocycles. The standard InChI is InChI=1S/C14H21BrN4O2.ClH/c1-10(16-2)9-18-13(20)7-8-17-14(21)19-12-5-3-11(15)4-6-12;/h3-6,10,16H,7-9H2,1-2H3,(H,18,20)(H2,17,19,21);1H. The summed E-state index contributed by atoms with van der Waals surface area (Å²) >= 11 is 3.32. The van der Waals surface area contributed by atoms with E-state index in [1.54, 1.807) is 12.1 Å². The number of hydrogen-bond acceptors (Lipinski definition) is 3. The van der Waals surface area contributed by atoms with Crippen LogP contribution in [0, 0.1) is 0 Å². The van der Waals surface area contributed by atoms with Gasteiger partial charge < -0.3 is 21.3 Å². The summed E-state index contributed by atoms with van der Waals surface area (Å²) in [5.74, 6) is -0.0824. The summed E-state index contributed by atoms with van der Waals surface area (Å²) in [6.45, 7) is 2.84. The van der Waals surface area contributed by atoms with E-state index in [0.29, 0.717) is 18.8 Å². The van der Waals surface area contributed by atoms with Crippen LogP contribution in [0.3, 0.4) is 0 Å². The lowest BCUT2D eigenvalue weighted by Gasteiger charge is -2.11. The summed E-state index contributed by atoms with van der Waals surface area (Å²) in [6, 6.07) is 7.15. The van der Waals surface area contributed by atoms with E-state index in [9.17, 15) is 9.59 Å². The average Bonchev–Trinajstić information content (AvgIpc) is 2.47. The molecular weight excluding hydrogens is 372 g/mol. The van der Waals surface area contributed by atoms with Crippen LogP contribution in [0.25, 0.3) is 0 Å². The first-order valence-corrected chi connectivity index (χ1v) is 7.55. The lowest BCUT2D eigenvalue weighted by atomic mass is 10.3. The number of amides is 3. The van der Waals surface area contributed by atoms with Crippen molar-refractivity contribution in [2.45, 2.75) is 19.4 Å². The second kappa shape index (κ2) is 11.3. The summed E-state index contributed by atoms with van der Waals surface area (Å²) in [4.78, 5) is 23.1. The molecule has 6 nitrogen and oxygen atoms in total. The van der Waals surface area contributed by atoms with Gasteiger partial charge in [-0.3, -0.25) is 4.79 Å². The van der Waals surface area contributed by atoms with Crippen LogP contribution in [0.5, 0.6) is 0 Å². The van der Waals surface area contributed by atoms with E-state index < -0.39 is 0 Å². The van der Waals surface area contributed by atoms with Crippen LogP contribution in [0.1, 0.15) is 13.3 Å². The Labute approximate surface area is 145 Å². The van der Waals surface area contributed by atoms with Gasteiger partial charge in [-0.2, -0.15) is 0 Å². The first-order chi connectivity index (χ1) is 10.0. The molecule has 1 rings (SSSR count). The molecule has 8 heteroatoms. The number of rotatable bonds is 7. The van der Waals surface area contributed by atoms with Crippen LogP contribution in [0.2, 0.25) is 0 Å². The Balaban J connectivity index is 0.00000441. The lowest BCUT2D eigenvalue weighted by molar-refractivity contribution is -0.121. The van der Waals surface area contributed by atoms with Gasteiger partial charge in [0.05, 0.1) is 0 Å². The second-order valence-corrected chi connectivity index (χ2v) is 5.55. The van der Waals surface area contributed by atoms with Crippen molar-refractivity contribution in [3.05, 3.63) is 28.7 Å². The average molecular weight is 394 g/mol. The van der Waals surface area contributed by atoms with E-state index in [0.717, 1.165) is 4.47 Å². The molecule has 0 saturated carbocycles. The van der Waals surface area contributed by atoms with Crippen molar-refractivity contribution in [2.75, 3.05) is 25.5 Å². The molecular formula is C14H22BrClN4O2. The number of benzene rings is 1. The van der Waals surface area contributed by atoms with Gasteiger partial charge in [-0.25, -0.2) is 4.79 Å². The molecule has 22 heavy (non-hydrogen) atoms. The zero-order valence-corrected chi connectivity index (χ0v) is 15.0. The van der Waals surface area contributed by atoms with Gasteiger partial charge in [-0.05, 0) is 38.2 Å². The third-order valence-electron chi connectivity index (χ3n) is 2.84. The number of urea groups is 1. The summed E-state index contributed by atoms with van der Waals surface area (Å²) in [5, 5.41) is 11.1. The van der Waals surface area contributed by atoms with Crippen molar-refractivity contribution in [2.24, 2.45) is 0 Å². The van der Waals surface area contributed by atoms with Gasteiger partial charge in [-0.15, -0.1) is 12.4 Å². The number of anilines is 1. The first-order valence-electron chi connectivity index (χ1n) is 6.75. The molecule has 0 aliphatic heterocycles. The summed E-state index contributed by atoms with van der Waals surface area (Å²) in [6.07, 6.45) is 0.254. The van der Waals surface area contributed by atoms with Crippen LogP contribution in [-0.4, -0.2) is 38.1 Å². The van der Waals surface area contributed by atoms with Crippen LogP contribution in [0.15, 0.2) is 28.7 Å². The van der Waals surface area contributed by atoms with Crippen molar-refractivity contribution >= 4 is 46.0 Å². The second-order valence-electron chi connectivity index (χ2n) is 4.63. The highest BCUT2D eigenvalue weighted by Gasteiger charge is 2.05. The maximum absolute atomic E-state index is 11.6. The fourth-order valence-corrected chi connectivity index (χ4v) is 1.72. The van der Waals surface area contributed by atoms with Gasteiger partial charge in [0.2, 0.25) is 5.91 Å². The molecule has 0 aromatic heterocycles. The molecule has 1 aromatic carbocycles. The minimum Gasteiger partial charge on any atom is -0.354 e. The zero-order chi connectivity index (χ0) is 15.7. The molecule has 0 aliphatic rings. The number of carbonyl (C=O) groups is 2. The Kier molecular flexibility index (Phi) is 10.6. The Morgan fingerprint density at radius 2 is 1.82 bits per heavy atom. The Hall–Kier alpha value is -1.31. The third-order valence-corrected chi connectivity index (χ3v) is 3.37. The highest BCUT2D eigenvalue weighted by atomic mass is 79.9. The van der Waals surface area contributed by atoms with Crippen molar-refractivity contribution < 1.29 is 9.59 Å². The third kappa shape index (κ3) is 8.86. The van der Waals surface area contributed by atoms with Crippen molar-refractivity contribution in [3.63, 3.8) is 0 Å². The Morgan fingerprint density at radius 3 is 2.41 bits per heavy atom. The molecule has 124 valence electrons. The summed E-state index contributed by atoms with van der Waals surface area (Å²) < 4.78 is 0.945. The summed E-state index contributed by atoms with van der Waals surface area (Å²) in [5.41, 5.74) is 0.697. The van der Waals surface area contributed by atoms with Crippen LogP contribution in [-0.2, 0) is 4.79 Å². The maximum atomic E-state index is 11.6. The van der Waals surface area contributed by atoms with Crippen LogP contribution in [0.4, 0.5) is 10.5 Å². The molecule has 0 fully saturated rings. The van der Waals surface area contributed by atoms with E-state index in [4.69, 9.17) is 0 Å². The molecule has 1 aromatic rings. The predicted molar refractivity (Wildman–Crippen MR) is 94.6 cm³/mol. The largest absolute Gasteiger partial charge is 0.354 e. The highest BCUT2D eigenvalue weighted by Crippen LogP contribution is 2.13. The zero-order valence-electron chi connectivity index (χ0n) is 12.6. The monoisotopic (exact) mass is 392 g/mol. The molecule has 0 bridgehead atoms. The minimum absolute atomic E-state index is 0. The van der Waals surface area contributed by atoms with Gasteiger partial charge in [0.25, 0.3) is 0 Å². The van der Waals surface area contributed by atoms with E-state index >= 15 is 0 Å². The topological polar surface area (TPSA) is 82.3 Å². The highest BCUT2D eigenvalue weighted by molar-refractivity contribution is 9.10. The van der Waals surface area contributed by atoms with E-state index in [1.165, 1.54) is 0 Å². The fraction of sp³-hybridized carbons (Fsp3) is 0.429. The molecule has 0 saturated heterocycles. The Bertz CT molecular complexity index is 470. The molecule has 1 atom stereocenters. The number of likely N-dealkylation sites (N-methyl/N-ethyl adjacent to an activating group) is 1. The van der Waals surface area contributed by atoms with Crippen molar-refractivity contribution in [1.29, 1.82) is 0 Å². The predicted octanol–water partition coefficient (Wildman–Crippen LogP) is 2.11. The smallest absolute Gasteiger partial charge is 0.319 e. The number of carbonyl (C=O) groups excluding carboxylic acids is 2. The van der Waals surface area contributed by atoms with Gasteiger partial charge in [-0.1, -0.05) is 15.9 Å². The molecule has 0 radical (unpaired) electrons. The van der Waals surface area contributed by atoms with E-state index in [-0.39, 0.29) is 36.8 Å². The van der Waals surface area contributed by atoms with Gasteiger partial charge in [0, 0.05) is 35.7 Å². The maximum Gasteiger partial charge on any atom is 0.319 e. The van der Waals surface area contributed by atoms with Crippen molar-refractivity contribution in [3.8, 4) is 0 Å². The van der Waals surface area contributed by atoms with Crippen molar-refractivity contribution in [1.82, 2.24) is 16.0 Å². The van der Waals surface area contributed by atoms with Gasteiger partial charge in [0.1, 0.15) is 0 Å². The van der Waals surface area contributed by atoms with Crippen LogP contribution < -0.4 is 21.3 Å². The van der Waals surface area contributed by atoms with Crippen LogP contribution >= 0.6 is 28.3 Å². The summed E-state index contributed by atoms with van der Waals surface area (Å²) in [7, 11) is 1.84. The van der Waals surface area contributed by atoms with Gasteiger partial charge >= 0.3 is 6.03 Å². The molecule has 0 spiro atoms. The normalized spacial score (nSPS) is 11.0. The molecule has 3 amide bonds. The first kappa shape index (κ1) is 20.7. The van der Waals surface area contributed by atoms with Gasteiger partial charge in [0.15, 0.2) is 0 Å². The number of halogens is 2. The molecule has 4 N–H and O–H groups in total. The molecule has 0 aliphatic carbocycles. The minimum atomic E-state index is -0.325. The number of hydrogen-bond donors (Lipinski definition) is 4. The molecule has 1 unspecified atom stereocenters. The van der Waals surface area contributed by atoms with E-state index in [1.807, 2.05) is 26.1 Å². The quantitative estimate of drug-likeness (QED) is 0.572.